The van der Waals surface area contributed by atoms with Gasteiger partial charge < -0.3 is 0 Å². The highest BCUT2D eigenvalue weighted by molar-refractivity contribution is 5.91. The van der Waals surface area contributed by atoms with Gasteiger partial charge in [-0.2, -0.15) is 0 Å². The van der Waals surface area contributed by atoms with Gasteiger partial charge >= 0.3 is 0 Å². The van der Waals surface area contributed by atoms with Gasteiger partial charge in [0.15, 0.2) is 6.20 Å². The van der Waals surface area contributed by atoms with Crippen LogP contribution in [-0.2, 0) is 7.05 Å². The van der Waals surface area contributed by atoms with Crippen LogP contribution in [0.2, 0.25) is 0 Å². The molecule has 0 saturated heterocycles. The summed E-state index contributed by atoms with van der Waals surface area (Å²) in [5.74, 6) is 0. The van der Waals surface area contributed by atoms with Crippen LogP contribution in [0.4, 0.5) is 0 Å². The smallest absolute Gasteiger partial charge is 0.200 e. The molecule has 0 aliphatic rings. The minimum absolute atomic E-state index is 1.22. The van der Waals surface area contributed by atoms with E-state index in [4.69, 9.17) is 0 Å². The molecule has 1 aromatic heterocycles. The quantitative estimate of drug-likeness (QED) is 0.438. The maximum Gasteiger partial charge on any atom is 0.220 e. The maximum absolute atomic E-state index is 2.21. The van der Waals surface area contributed by atoms with Crippen LogP contribution < -0.4 is 4.57 Å². The topological polar surface area (TPSA) is 3.88 Å². The molecule has 0 radical (unpaired) electrons. The number of aromatic nitrogens is 1. The summed E-state index contributed by atoms with van der Waals surface area (Å²) in [4.78, 5) is 0. The standard InChI is InChI=1S/C24H20N/c1-25-18-17-22(19-11-5-2-6-12-19)23(20-13-7-3-8-14-20)24(25)21-15-9-4-10-16-21/h2-18H,1H3/q+1. The summed E-state index contributed by atoms with van der Waals surface area (Å²) in [6.45, 7) is 0. The second kappa shape index (κ2) is 6.74. The van der Waals surface area contributed by atoms with E-state index in [1.807, 2.05) is 0 Å². The van der Waals surface area contributed by atoms with Gasteiger partial charge in [0.25, 0.3) is 0 Å². The van der Waals surface area contributed by atoms with E-state index in [1.165, 1.54) is 33.5 Å². The molecule has 3 aromatic carbocycles. The number of nitrogens with zero attached hydrogens (tertiary/aromatic N) is 1. The zero-order valence-corrected chi connectivity index (χ0v) is 14.3. The molecule has 0 saturated carbocycles. The Hall–Kier alpha value is -3.19. The van der Waals surface area contributed by atoms with Crippen LogP contribution in [0.1, 0.15) is 0 Å². The van der Waals surface area contributed by atoms with Crippen LogP contribution in [-0.4, -0.2) is 0 Å². The molecular formula is C24H20N+. The van der Waals surface area contributed by atoms with Gasteiger partial charge in [0, 0.05) is 17.2 Å². The van der Waals surface area contributed by atoms with Crippen LogP contribution in [0.5, 0.6) is 0 Å². The van der Waals surface area contributed by atoms with E-state index in [9.17, 15) is 0 Å². The molecule has 0 aliphatic heterocycles. The third kappa shape index (κ3) is 2.97. The molecule has 1 nitrogen and oxygen atoms in total. The Labute approximate surface area is 148 Å². The lowest BCUT2D eigenvalue weighted by Crippen LogP contribution is -2.31. The van der Waals surface area contributed by atoms with E-state index < -0.39 is 0 Å². The Morgan fingerprint density at radius 3 is 1.56 bits per heavy atom. The minimum Gasteiger partial charge on any atom is -0.200 e. The van der Waals surface area contributed by atoms with Gasteiger partial charge in [0.1, 0.15) is 7.05 Å². The summed E-state index contributed by atoms with van der Waals surface area (Å²) in [6, 6.07) is 34.1. The van der Waals surface area contributed by atoms with E-state index in [1.54, 1.807) is 0 Å². The van der Waals surface area contributed by atoms with Crippen molar-refractivity contribution in [3.63, 3.8) is 0 Å². The van der Waals surface area contributed by atoms with Gasteiger partial charge in [-0.05, 0) is 23.3 Å². The van der Waals surface area contributed by atoms with E-state index >= 15 is 0 Å². The largest absolute Gasteiger partial charge is 0.220 e. The fraction of sp³-hybridized carbons (Fsp3) is 0.0417. The Morgan fingerprint density at radius 2 is 1.00 bits per heavy atom. The summed E-state index contributed by atoms with van der Waals surface area (Å²) in [6.07, 6.45) is 2.15. The fourth-order valence-electron chi connectivity index (χ4n) is 3.35. The summed E-state index contributed by atoms with van der Waals surface area (Å²) in [7, 11) is 2.11. The Morgan fingerprint density at radius 1 is 0.520 bits per heavy atom. The highest BCUT2D eigenvalue weighted by Gasteiger charge is 2.21. The summed E-state index contributed by atoms with van der Waals surface area (Å²) < 4.78 is 2.21. The van der Waals surface area contributed by atoms with Crippen molar-refractivity contribution in [1.82, 2.24) is 0 Å². The molecule has 0 unspecified atom stereocenters. The van der Waals surface area contributed by atoms with Crippen LogP contribution >= 0.6 is 0 Å². The molecule has 0 aliphatic carbocycles. The third-order valence-electron chi connectivity index (χ3n) is 4.52. The van der Waals surface area contributed by atoms with E-state index in [0.29, 0.717) is 0 Å². The molecule has 4 aromatic rings. The number of aryl methyl sites for hydroxylation is 1. The highest BCUT2D eigenvalue weighted by Crippen LogP contribution is 2.37. The predicted molar refractivity (Wildman–Crippen MR) is 104 cm³/mol. The average molecular weight is 322 g/mol. The Kier molecular flexibility index (Phi) is 4.14. The van der Waals surface area contributed by atoms with Gasteiger partial charge in [-0.3, -0.25) is 0 Å². The number of hydrogen-bond acceptors (Lipinski definition) is 0. The van der Waals surface area contributed by atoms with Gasteiger partial charge in [0.2, 0.25) is 5.69 Å². The van der Waals surface area contributed by atoms with Crippen LogP contribution in [0.15, 0.2) is 103 Å². The molecule has 120 valence electrons. The van der Waals surface area contributed by atoms with Crippen molar-refractivity contribution in [3.8, 4) is 33.5 Å². The fourth-order valence-corrected chi connectivity index (χ4v) is 3.35. The number of pyridine rings is 1. The van der Waals surface area contributed by atoms with E-state index in [-0.39, 0.29) is 0 Å². The lowest BCUT2D eigenvalue weighted by atomic mass is 9.91. The van der Waals surface area contributed by atoms with Gasteiger partial charge in [-0.25, -0.2) is 4.57 Å². The number of benzene rings is 3. The molecule has 4 rings (SSSR count). The molecule has 0 atom stereocenters. The first-order valence-corrected chi connectivity index (χ1v) is 8.53. The van der Waals surface area contributed by atoms with Crippen molar-refractivity contribution in [2.45, 2.75) is 0 Å². The molecular weight excluding hydrogens is 302 g/mol. The van der Waals surface area contributed by atoms with Crippen molar-refractivity contribution >= 4 is 0 Å². The normalized spacial score (nSPS) is 10.6. The Balaban J connectivity index is 2.08. The maximum atomic E-state index is 2.21. The van der Waals surface area contributed by atoms with Crippen molar-refractivity contribution in [1.29, 1.82) is 0 Å². The lowest BCUT2D eigenvalue weighted by Gasteiger charge is -2.14. The molecule has 25 heavy (non-hydrogen) atoms. The van der Waals surface area contributed by atoms with Gasteiger partial charge in [-0.1, -0.05) is 78.9 Å². The summed E-state index contributed by atoms with van der Waals surface area (Å²) in [5.41, 5.74) is 7.44. The monoisotopic (exact) mass is 322 g/mol. The van der Waals surface area contributed by atoms with Crippen molar-refractivity contribution in [3.05, 3.63) is 103 Å². The first kappa shape index (κ1) is 15.3. The molecule has 1 heteroatoms. The first-order chi connectivity index (χ1) is 12.3. The summed E-state index contributed by atoms with van der Waals surface area (Å²) in [5, 5.41) is 0. The average Bonchev–Trinajstić information content (AvgIpc) is 2.70. The second-order valence-electron chi connectivity index (χ2n) is 6.16. The molecule has 0 spiro atoms. The first-order valence-electron chi connectivity index (χ1n) is 8.53. The second-order valence-corrected chi connectivity index (χ2v) is 6.16. The van der Waals surface area contributed by atoms with Gasteiger partial charge in [0.05, 0.1) is 5.56 Å². The van der Waals surface area contributed by atoms with Crippen molar-refractivity contribution in [2.24, 2.45) is 7.05 Å². The van der Waals surface area contributed by atoms with Crippen LogP contribution in [0.3, 0.4) is 0 Å². The third-order valence-corrected chi connectivity index (χ3v) is 4.52. The van der Waals surface area contributed by atoms with Crippen LogP contribution in [0.25, 0.3) is 33.5 Å². The van der Waals surface area contributed by atoms with Crippen LogP contribution in [0, 0.1) is 0 Å². The zero-order chi connectivity index (χ0) is 17.1. The molecule has 0 N–H and O–H groups in total. The molecule has 0 amide bonds. The lowest BCUT2D eigenvalue weighted by molar-refractivity contribution is -0.659. The van der Waals surface area contributed by atoms with Gasteiger partial charge in [-0.15, -0.1) is 0 Å². The number of rotatable bonds is 3. The highest BCUT2D eigenvalue weighted by atomic mass is 14.9. The van der Waals surface area contributed by atoms with Crippen molar-refractivity contribution < 1.29 is 4.57 Å². The van der Waals surface area contributed by atoms with E-state index in [2.05, 4.69) is 115 Å². The minimum atomic E-state index is 1.22. The Bertz CT molecular complexity index is 974. The summed E-state index contributed by atoms with van der Waals surface area (Å²) >= 11 is 0. The van der Waals surface area contributed by atoms with E-state index in [0.717, 1.165) is 0 Å². The SMILES string of the molecule is C[n+]1ccc(-c2ccccc2)c(-c2ccccc2)c1-c1ccccc1. The molecule has 0 bridgehead atoms. The zero-order valence-electron chi connectivity index (χ0n) is 14.3. The predicted octanol–water partition coefficient (Wildman–Crippen LogP) is 5.51. The number of hydrogen-bond donors (Lipinski definition) is 0. The molecule has 1 heterocycles. The molecule has 0 fully saturated rings. The van der Waals surface area contributed by atoms with Crippen molar-refractivity contribution in [2.75, 3.05) is 0 Å².